The summed E-state index contributed by atoms with van der Waals surface area (Å²) in [6.07, 6.45) is -0.337. The maximum atomic E-state index is 11.0. The van der Waals surface area contributed by atoms with Crippen LogP contribution in [0.5, 0.6) is 0 Å². The summed E-state index contributed by atoms with van der Waals surface area (Å²) >= 11 is 0. The van der Waals surface area contributed by atoms with E-state index in [0.717, 1.165) is 0 Å². The molecule has 0 aliphatic carbocycles. The van der Waals surface area contributed by atoms with Crippen molar-refractivity contribution < 1.29 is 14.8 Å². The van der Waals surface area contributed by atoms with Gasteiger partial charge in [-0.1, -0.05) is 0 Å². The Hall–Kier alpha value is -2.00. The van der Waals surface area contributed by atoms with Gasteiger partial charge in [0.25, 0.3) is 0 Å². The van der Waals surface area contributed by atoms with Gasteiger partial charge >= 0.3 is 5.69 Å². The first-order valence-electron chi connectivity index (χ1n) is 6.75. The third-order valence-electron chi connectivity index (χ3n) is 3.53. The quantitative estimate of drug-likeness (QED) is 0.469. The molecule has 0 aromatic carbocycles. The standard InChI is InChI=1S/C12H19N5O4/c1-7-12(17(20)21)8(2)16(15-7)6-10(18)5-13-9-3-11(19)14-4-9/h9-10,13,18H,3-6H2,1-2H3,(H,14,19). The smallest absolute Gasteiger partial charge is 0.312 e. The molecular formula is C12H19N5O4. The highest BCUT2D eigenvalue weighted by Crippen LogP contribution is 2.21. The van der Waals surface area contributed by atoms with E-state index in [1.165, 1.54) is 4.68 Å². The number of aliphatic hydroxyl groups is 1. The van der Waals surface area contributed by atoms with Crippen molar-refractivity contribution in [3.05, 3.63) is 21.5 Å². The van der Waals surface area contributed by atoms with E-state index in [0.29, 0.717) is 30.9 Å². The third-order valence-corrected chi connectivity index (χ3v) is 3.53. The number of aromatic nitrogens is 2. The van der Waals surface area contributed by atoms with Gasteiger partial charge in [0.15, 0.2) is 0 Å². The first-order valence-corrected chi connectivity index (χ1v) is 6.75. The van der Waals surface area contributed by atoms with Crippen LogP contribution in [0.2, 0.25) is 0 Å². The Morgan fingerprint density at radius 2 is 2.33 bits per heavy atom. The Bertz CT molecular complexity index is 556. The van der Waals surface area contributed by atoms with Crippen molar-refractivity contribution >= 4 is 11.6 Å². The number of aliphatic hydroxyl groups excluding tert-OH is 1. The van der Waals surface area contributed by atoms with Gasteiger partial charge in [-0.3, -0.25) is 19.6 Å². The van der Waals surface area contributed by atoms with E-state index in [-0.39, 0.29) is 24.2 Å². The molecular weight excluding hydrogens is 278 g/mol. The number of nitro groups is 1. The number of rotatable bonds is 6. The minimum absolute atomic E-state index is 0.00356. The summed E-state index contributed by atoms with van der Waals surface area (Å²) in [5, 5.41) is 30.8. The molecule has 116 valence electrons. The lowest BCUT2D eigenvalue weighted by Gasteiger charge is -2.15. The van der Waals surface area contributed by atoms with Crippen LogP contribution in [0.3, 0.4) is 0 Å². The summed E-state index contributed by atoms with van der Waals surface area (Å²) in [6.45, 7) is 4.20. The Labute approximate surface area is 121 Å². The second kappa shape index (κ2) is 6.19. The van der Waals surface area contributed by atoms with Gasteiger partial charge in [-0.2, -0.15) is 5.10 Å². The van der Waals surface area contributed by atoms with Crippen LogP contribution in [0.15, 0.2) is 0 Å². The molecule has 9 nitrogen and oxygen atoms in total. The normalized spacial score (nSPS) is 19.6. The average molecular weight is 297 g/mol. The minimum Gasteiger partial charge on any atom is -0.390 e. The molecule has 1 amide bonds. The summed E-state index contributed by atoms with van der Waals surface area (Å²) in [6, 6.07) is 0.0157. The topological polar surface area (TPSA) is 122 Å². The summed E-state index contributed by atoms with van der Waals surface area (Å²) in [4.78, 5) is 21.5. The lowest BCUT2D eigenvalue weighted by atomic mass is 10.2. The second-order valence-corrected chi connectivity index (χ2v) is 5.23. The van der Waals surface area contributed by atoms with Gasteiger partial charge < -0.3 is 15.7 Å². The number of aryl methyl sites for hydroxylation is 1. The van der Waals surface area contributed by atoms with Crippen LogP contribution in [-0.4, -0.2) is 51.0 Å². The first kappa shape index (κ1) is 15.4. The van der Waals surface area contributed by atoms with Gasteiger partial charge in [-0.25, -0.2) is 0 Å². The van der Waals surface area contributed by atoms with Gasteiger partial charge in [0.1, 0.15) is 11.4 Å². The molecule has 1 saturated heterocycles. The van der Waals surface area contributed by atoms with Gasteiger partial charge in [0.05, 0.1) is 17.6 Å². The van der Waals surface area contributed by atoms with Crippen molar-refractivity contribution in [1.82, 2.24) is 20.4 Å². The van der Waals surface area contributed by atoms with E-state index in [2.05, 4.69) is 15.7 Å². The maximum absolute atomic E-state index is 11.0. The molecule has 0 saturated carbocycles. The molecule has 1 fully saturated rings. The largest absolute Gasteiger partial charge is 0.390 e. The fourth-order valence-corrected chi connectivity index (χ4v) is 2.45. The molecule has 21 heavy (non-hydrogen) atoms. The van der Waals surface area contributed by atoms with Crippen LogP contribution in [0.1, 0.15) is 17.8 Å². The van der Waals surface area contributed by atoms with E-state index in [4.69, 9.17) is 0 Å². The molecule has 0 bridgehead atoms. The Kier molecular flexibility index (Phi) is 4.53. The third kappa shape index (κ3) is 3.56. The lowest BCUT2D eigenvalue weighted by molar-refractivity contribution is -0.386. The zero-order chi connectivity index (χ0) is 15.6. The number of hydrogen-bond acceptors (Lipinski definition) is 6. The molecule has 2 unspecified atom stereocenters. The average Bonchev–Trinajstić information content (AvgIpc) is 2.91. The predicted octanol–water partition coefficient (Wildman–Crippen LogP) is -0.753. The highest BCUT2D eigenvalue weighted by atomic mass is 16.6. The van der Waals surface area contributed by atoms with Crippen LogP contribution in [0.25, 0.3) is 0 Å². The molecule has 1 aromatic rings. The van der Waals surface area contributed by atoms with E-state index >= 15 is 0 Å². The van der Waals surface area contributed by atoms with Crippen molar-refractivity contribution in [2.45, 2.75) is 39.0 Å². The molecule has 3 N–H and O–H groups in total. The molecule has 2 heterocycles. The molecule has 1 aliphatic heterocycles. The fourth-order valence-electron chi connectivity index (χ4n) is 2.45. The van der Waals surface area contributed by atoms with Gasteiger partial charge in [0.2, 0.25) is 5.91 Å². The second-order valence-electron chi connectivity index (χ2n) is 5.23. The number of nitrogens with one attached hydrogen (secondary N) is 2. The van der Waals surface area contributed by atoms with E-state index < -0.39 is 11.0 Å². The van der Waals surface area contributed by atoms with Crippen molar-refractivity contribution in [2.75, 3.05) is 13.1 Å². The van der Waals surface area contributed by atoms with E-state index in [1.807, 2.05) is 0 Å². The lowest BCUT2D eigenvalue weighted by Crippen LogP contribution is -2.38. The molecule has 0 spiro atoms. The number of carbonyl (C=O) groups excluding carboxylic acids is 1. The zero-order valence-corrected chi connectivity index (χ0v) is 12.0. The Balaban J connectivity index is 1.90. The van der Waals surface area contributed by atoms with Crippen LogP contribution in [0, 0.1) is 24.0 Å². The predicted molar refractivity (Wildman–Crippen MR) is 73.8 cm³/mol. The molecule has 1 aliphatic rings. The van der Waals surface area contributed by atoms with Gasteiger partial charge in [-0.05, 0) is 13.8 Å². The molecule has 9 heteroatoms. The van der Waals surface area contributed by atoms with Gasteiger partial charge in [-0.15, -0.1) is 0 Å². The van der Waals surface area contributed by atoms with Crippen LogP contribution in [0.4, 0.5) is 5.69 Å². The number of carbonyl (C=O) groups is 1. The number of hydrogen-bond donors (Lipinski definition) is 3. The highest BCUT2D eigenvalue weighted by molar-refractivity contribution is 5.78. The molecule has 2 atom stereocenters. The monoisotopic (exact) mass is 297 g/mol. The summed E-state index contributed by atoms with van der Waals surface area (Å²) in [5.41, 5.74) is 0.748. The number of nitrogens with zero attached hydrogens (tertiary/aromatic N) is 3. The summed E-state index contributed by atoms with van der Waals surface area (Å²) in [5.74, 6) is -0.00356. The van der Waals surface area contributed by atoms with Gasteiger partial charge in [0, 0.05) is 25.6 Å². The first-order chi connectivity index (χ1) is 9.88. The molecule has 2 rings (SSSR count). The van der Waals surface area contributed by atoms with Crippen molar-refractivity contribution in [1.29, 1.82) is 0 Å². The fraction of sp³-hybridized carbons (Fsp3) is 0.667. The minimum atomic E-state index is -0.738. The molecule has 1 aromatic heterocycles. The van der Waals surface area contributed by atoms with Crippen LogP contribution >= 0.6 is 0 Å². The zero-order valence-electron chi connectivity index (χ0n) is 12.0. The van der Waals surface area contributed by atoms with Crippen LogP contribution < -0.4 is 10.6 Å². The van der Waals surface area contributed by atoms with E-state index in [1.54, 1.807) is 13.8 Å². The van der Waals surface area contributed by atoms with Crippen molar-refractivity contribution in [3.63, 3.8) is 0 Å². The summed E-state index contributed by atoms with van der Waals surface area (Å²) in [7, 11) is 0. The Morgan fingerprint density at radius 1 is 1.62 bits per heavy atom. The highest BCUT2D eigenvalue weighted by Gasteiger charge is 2.24. The maximum Gasteiger partial charge on any atom is 0.312 e. The van der Waals surface area contributed by atoms with Crippen molar-refractivity contribution in [2.24, 2.45) is 0 Å². The van der Waals surface area contributed by atoms with Crippen LogP contribution in [-0.2, 0) is 11.3 Å². The Morgan fingerprint density at radius 3 is 2.86 bits per heavy atom. The van der Waals surface area contributed by atoms with E-state index in [9.17, 15) is 20.0 Å². The summed E-state index contributed by atoms with van der Waals surface area (Å²) < 4.78 is 1.44. The van der Waals surface area contributed by atoms with Crippen molar-refractivity contribution in [3.8, 4) is 0 Å². The number of amides is 1. The molecule has 0 radical (unpaired) electrons. The SMILES string of the molecule is Cc1nn(CC(O)CNC2CNC(=O)C2)c(C)c1[N+](=O)[O-].